The lowest BCUT2D eigenvalue weighted by atomic mass is 10.2. The smallest absolute Gasteiger partial charge is 0.125 e. The molecule has 0 fully saturated rings. The summed E-state index contributed by atoms with van der Waals surface area (Å²) in [5, 5.41) is 0. The largest absolute Gasteiger partial charge is 0.299 e. The lowest BCUT2D eigenvalue weighted by molar-refractivity contribution is 0.627. The molecule has 0 aliphatic carbocycles. The predicted octanol–water partition coefficient (Wildman–Crippen LogP) is 3.30. The molecule has 0 bridgehead atoms. The highest BCUT2D eigenvalue weighted by atomic mass is 19.1. The van der Waals surface area contributed by atoms with E-state index in [0.717, 1.165) is 5.69 Å². The van der Waals surface area contributed by atoms with Crippen LogP contribution in [0.15, 0.2) is 48.8 Å². The quantitative estimate of drug-likeness (QED) is 0.627. The number of hydrogen-bond acceptors (Lipinski definition) is 1. The van der Waals surface area contributed by atoms with Crippen molar-refractivity contribution in [3.63, 3.8) is 0 Å². The summed E-state index contributed by atoms with van der Waals surface area (Å²) < 4.78 is 27.7. The van der Waals surface area contributed by atoms with E-state index in [0.29, 0.717) is 11.0 Å². The Morgan fingerprint density at radius 3 is 2.35 bits per heavy atom. The van der Waals surface area contributed by atoms with Gasteiger partial charge in [0.2, 0.25) is 0 Å². The van der Waals surface area contributed by atoms with E-state index in [9.17, 15) is 8.78 Å². The third-order valence-corrected chi connectivity index (χ3v) is 2.61. The summed E-state index contributed by atoms with van der Waals surface area (Å²) in [5.74, 6) is -0.620. The molecule has 0 aliphatic rings. The Balaban J connectivity index is 2.23. The Bertz CT molecular complexity index is 671. The first kappa shape index (κ1) is 9.96. The maximum atomic E-state index is 13.2. The fourth-order valence-corrected chi connectivity index (χ4v) is 1.79. The standard InChI is InChI=1S/C13H8F2N2/c14-9-1-4-11(5-2-9)17-8-16-12-6-3-10(15)7-13(12)17/h1-8H. The van der Waals surface area contributed by atoms with E-state index in [-0.39, 0.29) is 11.6 Å². The fourth-order valence-electron chi connectivity index (χ4n) is 1.79. The summed E-state index contributed by atoms with van der Waals surface area (Å²) in [6, 6.07) is 10.4. The number of rotatable bonds is 1. The zero-order valence-electron chi connectivity index (χ0n) is 8.77. The van der Waals surface area contributed by atoms with Crippen LogP contribution in [-0.2, 0) is 0 Å². The van der Waals surface area contributed by atoms with Crippen molar-refractivity contribution >= 4 is 11.0 Å². The van der Waals surface area contributed by atoms with E-state index >= 15 is 0 Å². The summed E-state index contributed by atoms with van der Waals surface area (Å²) in [6.45, 7) is 0. The van der Waals surface area contributed by atoms with Crippen LogP contribution >= 0.6 is 0 Å². The SMILES string of the molecule is Fc1ccc(-n2cnc3ccc(F)cc32)cc1. The van der Waals surface area contributed by atoms with Crippen LogP contribution in [0.4, 0.5) is 8.78 Å². The van der Waals surface area contributed by atoms with Crippen molar-refractivity contribution in [3.8, 4) is 5.69 Å². The van der Waals surface area contributed by atoms with Gasteiger partial charge in [-0.25, -0.2) is 13.8 Å². The van der Waals surface area contributed by atoms with Crippen molar-refractivity contribution < 1.29 is 8.78 Å². The van der Waals surface area contributed by atoms with Crippen molar-refractivity contribution in [2.75, 3.05) is 0 Å². The summed E-state index contributed by atoms with van der Waals surface area (Å²) in [7, 11) is 0. The summed E-state index contributed by atoms with van der Waals surface area (Å²) in [6.07, 6.45) is 1.59. The van der Waals surface area contributed by atoms with E-state index in [1.165, 1.54) is 24.3 Å². The third-order valence-electron chi connectivity index (χ3n) is 2.61. The van der Waals surface area contributed by atoms with Crippen molar-refractivity contribution in [1.82, 2.24) is 9.55 Å². The van der Waals surface area contributed by atoms with Gasteiger partial charge in [-0.1, -0.05) is 0 Å². The molecule has 1 aromatic heterocycles. The van der Waals surface area contributed by atoms with Crippen LogP contribution in [0.3, 0.4) is 0 Å². The molecule has 0 radical (unpaired) electrons. The molecule has 0 atom stereocenters. The molecule has 2 aromatic carbocycles. The first-order valence-electron chi connectivity index (χ1n) is 5.12. The third kappa shape index (κ3) is 1.67. The Kier molecular flexibility index (Phi) is 2.14. The minimum Gasteiger partial charge on any atom is -0.299 e. The zero-order chi connectivity index (χ0) is 11.8. The van der Waals surface area contributed by atoms with Crippen molar-refractivity contribution in [2.45, 2.75) is 0 Å². The molecule has 0 aliphatic heterocycles. The molecular formula is C13H8F2N2. The number of imidazole rings is 1. The fraction of sp³-hybridized carbons (Fsp3) is 0. The zero-order valence-corrected chi connectivity index (χ0v) is 8.77. The molecule has 2 nitrogen and oxygen atoms in total. The highest BCUT2D eigenvalue weighted by Gasteiger charge is 2.05. The maximum Gasteiger partial charge on any atom is 0.125 e. The van der Waals surface area contributed by atoms with Gasteiger partial charge < -0.3 is 0 Å². The minimum absolute atomic E-state index is 0.302. The second-order valence-electron chi connectivity index (χ2n) is 3.72. The van der Waals surface area contributed by atoms with Crippen LogP contribution in [-0.4, -0.2) is 9.55 Å². The number of hydrogen-bond donors (Lipinski definition) is 0. The minimum atomic E-state index is -0.318. The van der Waals surface area contributed by atoms with Crippen LogP contribution in [0.25, 0.3) is 16.7 Å². The normalized spacial score (nSPS) is 10.9. The Labute approximate surface area is 96.1 Å². The Morgan fingerprint density at radius 1 is 0.882 bits per heavy atom. The van der Waals surface area contributed by atoms with Gasteiger partial charge in [-0.3, -0.25) is 4.57 Å². The number of halogens is 2. The van der Waals surface area contributed by atoms with Crippen LogP contribution in [0.2, 0.25) is 0 Å². The van der Waals surface area contributed by atoms with Gasteiger partial charge in [0.25, 0.3) is 0 Å². The van der Waals surface area contributed by atoms with Crippen LogP contribution < -0.4 is 0 Å². The van der Waals surface area contributed by atoms with Crippen LogP contribution in [0, 0.1) is 11.6 Å². The summed E-state index contributed by atoms with van der Waals surface area (Å²) in [5.41, 5.74) is 2.12. The molecular weight excluding hydrogens is 222 g/mol. The van der Waals surface area contributed by atoms with Gasteiger partial charge in [-0.15, -0.1) is 0 Å². The van der Waals surface area contributed by atoms with Gasteiger partial charge in [-0.05, 0) is 36.4 Å². The molecule has 1 heterocycles. The van der Waals surface area contributed by atoms with Crippen molar-refractivity contribution in [2.24, 2.45) is 0 Å². The summed E-state index contributed by atoms with van der Waals surface area (Å²) in [4.78, 5) is 4.16. The Hall–Kier alpha value is -2.23. The second kappa shape index (κ2) is 3.66. The molecule has 4 heteroatoms. The highest BCUT2D eigenvalue weighted by Crippen LogP contribution is 2.19. The second-order valence-corrected chi connectivity index (χ2v) is 3.72. The van der Waals surface area contributed by atoms with E-state index in [1.54, 1.807) is 29.1 Å². The van der Waals surface area contributed by atoms with Gasteiger partial charge in [-0.2, -0.15) is 0 Å². The molecule has 0 saturated carbocycles. The van der Waals surface area contributed by atoms with Gasteiger partial charge in [0, 0.05) is 11.8 Å². The van der Waals surface area contributed by atoms with Crippen molar-refractivity contribution in [1.29, 1.82) is 0 Å². The predicted molar refractivity (Wildman–Crippen MR) is 61.0 cm³/mol. The lowest BCUT2D eigenvalue weighted by Gasteiger charge is -2.03. The van der Waals surface area contributed by atoms with Gasteiger partial charge in [0.05, 0.1) is 11.0 Å². The van der Waals surface area contributed by atoms with E-state index in [1.807, 2.05) is 0 Å². The molecule has 3 rings (SSSR count). The number of benzene rings is 2. The lowest BCUT2D eigenvalue weighted by Crippen LogP contribution is -1.92. The average Bonchev–Trinajstić information content (AvgIpc) is 2.73. The Morgan fingerprint density at radius 2 is 1.59 bits per heavy atom. The average molecular weight is 230 g/mol. The van der Waals surface area contributed by atoms with Gasteiger partial charge in [0.15, 0.2) is 0 Å². The van der Waals surface area contributed by atoms with E-state index in [4.69, 9.17) is 0 Å². The van der Waals surface area contributed by atoms with Gasteiger partial charge >= 0.3 is 0 Å². The van der Waals surface area contributed by atoms with Crippen LogP contribution in [0.1, 0.15) is 0 Å². The van der Waals surface area contributed by atoms with Crippen LogP contribution in [0.5, 0.6) is 0 Å². The molecule has 0 amide bonds. The number of nitrogens with zero attached hydrogens (tertiary/aromatic N) is 2. The molecule has 3 aromatic rings. The maximum absolute atomic E-state index is 13.2. The first-order valence-corrected chi connectivity index (χ1v) is 5.12. The molecule has 0 spiro atoms. The monoisotopic (exact) mass is 230 g/mol. The molecule has 84 valence electrons. The van der Waals surface area contributed by atoms with E-state index < -0.39 is 0 Å². The number of aromatic nitrogens is 2. The molecule has 0 N–H and O–H groups in total. The molecule has 0 saturated heterocycles. The van der Waals surface area contributed by atoms with Gasteiger partial charge in [0.1, 0.15) is 18.0 Å². The van der Waals surface area contributed by atoms with E-state index in [2.05, 4.69) is 4.98 Å². The highest BCUT2D eigenvalue weighted by molar-refractivity contribution is 5.77. The molecule has 0 unspecified atom stereocenters. The first-order chi connectivity index (χ1) is 8.24. The molecule has 17 heavy (non-hydrogen) atoms. The van der Waals surface area contributed by atoms with Crippen molar-refractivity contribution in [3.05, 3.63) is 60.4 Å². The number of fused-ring (bicyclic) bond motifs is 1. The summed E-state index contributed by atoms with van der Waals surface area (Å²) >= 11 is 0. The topological polar surface area (TPSA) is 17.8 Å².